The molecule has 0 aliphatic carbocycles. The van der Waals surface area contributed by atoms with Gasteiger partial charge < -0.3 is 20.3 Å². The summed E-state index contributed by atoms with van der Waals surface area (Å²) in [4.78, 5) is 11.8. The fourth-order valence-electron chi connectivity index (χ4n) is 2.82. The zero-order valence-electron chi connectivity index (χ0n) is 16.8. The largest absolute Gasteiger partial charge is 0.381 e. The Labute approximate surface area is 185 Å². The van der Waals surface area contributed by atoms with Crippen molar-refractivity contribution in [3.8, 4) is 0 Å². The number of hydrogen-bond donors (Lipinski definition) is 2. The van der Waals surface area contributed by atoms with E-state index in [1.54, 1.807) is 11.3 Å². The maximum absolute atomic E-state index is 5.58. The van der Waals surface area contributed by atoms with E-state index in [0.29, 0.717) is 0 Å². The third-order valence-corrected chi connectivity index (χ3v) is 5.24. The number of ether oxygens (including phenoxy) is 1. The zero-order chi connectivity index (χ0) is 18.5. The molecule has 1 aromatic rings. The Morgan fingerprint density at radius 3 is 2.74 bits per heavy atom. The SMILES string of the molecule is CCCCOCCCN=C(NCC)NCCc1csc(N2CCCC2)n1.I. The number of anilines is 1. The van der Waals surface area contributed by atoms with Crippen LogP contribution in [-0.4, -0.2) is 56.9 Å². The van der Waals surface area contributed by atoms with Crippen molar-refractivity contribution in [1.82, 2.24) is 15.6 Å². The summed E-state index contributed by atoms with van der Waals surface area (Å²) < 4.78 is 5.58. The molecule has 2 rings (SSSR count). The van der Waals surface area contributed by atoms with E-state index in [4.69, 9.17) is 9.72 Å². The van der Waals surface area contributed by atoms with Crippen LogP contribution in [0.2, 0.25) is 0 Å². The summed E-state index contributed by atoms with van der Waals surface area (Å²) in [7, 11) is 0. The molecule has 6 nitrogen and oxygen atoms in total. The number of unbranched alkanes of at least 4 members (excludes halogenated alkanes) is 1. The Bertz CT molecular complexity index is 520. The van der Waals surface area contributed by atoms with Gasteiger partial charge in [-0.05, 0) is 32.6 Å². The van der Waals surface area contributed by atoms with E-state index in [0.717, 1.165) is 71.2 Å². The lowest BCUT2D eigenvalue weighted by molar-refractivity contribution is 0.130. The van der Waals surface area contributed by atoms with Crippen LogP contribution in [0.5, 0.6) is 0 Å². The predicted molar refractivity (Wildman–Crippen MR) is 127 cm³/mol. The van der Waals surface area contributed by atoms with Crippen LogP contribution in [0.1, 0.15) is 51.6 Å². The van der Waals surface area contributed by atoms with Gasteiger partial charge in [-0.25, -0.2) is 4.98 Å². The van der Waals surface area contributed by atoms with Crippen LogP contribution in [-0.2, 0) is 11.2 Å². The highest BCUT2D eigenvalue weighted by molar-refractivity contribution is 14.0. The number of guanidine groups is 1. The predicted octanol–water partition coefficient (Wildman–Crippen LogP) is 3.67. The second-order valence-electron chi connectivity index (χ2n) is 6.57. The first-order valence-electron chi connectivity index (χ1n) is 10.1. The minimum atomic E-state index is 0. The quantitative estimate of drug-likeness (QED) is 0.195. The monoisotopic (exact) mass is 509 g/mol. The second-order valence-corrected chi connectivity index (χ2v) is 7.41. The van der Waals surface area contributed by atoms with Crippen molar-refractivity contribution in [1.29, 1.82) is 0 Å². The molecule has 2 N–H and O–H groups in total. The van der Waals surface area contributed by atoms with E-state index in [9.17, 15) is 0 Å². The Hall–Kier alpha value is -0.610. The van der Waals surface area contributed by atoms with Crippen molar-refractivity contribution >= 4 is 46.4 Å². The van der Waals surface area contributed by atoms with Crippen molar-refractivity contribution in [2.75, 3.05) is 50.8 Å². The van der Waals surface area contributed by atoms with E-state index < -0.39 is 0 Å². The molecule has 0 spiro atoms. The van der Waals surface area contributed by atoms with E-state index in [-0.39, 0.29) is 24.0 Å². The molecule has 0 radical (unpaired) electrons. The Morgan fingerprint density at radius 1 is 1.22 bits per heavy atom. The molecule has 0 bridgehead atoms. The van der Waals surface area contributed by atoms with Gasteiger partial charge in [0.25, 0.3) is 0 Å². The average molecular weight is 510 g/mol. The van der Waals surface area contributed by atoms with Crippen molar-refractivity contribution in [3.63, 3.8) is 0 Å². The average Bonchev–Trinajstić information content (AvgIpc) is 3.32. The van der Waals surface area contributed by atoms with Crippen LogP contribution in [0.25, 0.3) is 0 Å². The van der Waals surface area contributed by atoms with E-state index in [1.807, 2.05) is 0 Å². The molecule has 27 heavy (non-hydrogen) atoms. The molecule has 156 valence electrons. The fraction of sp³-hybridized carbons (Fsp3) is 0.789. The van der Waals surface area contributed by atoms with Gasteiger partial charge in [-0.1, -0.05) is 13.3 Å². The molecule has 0 amide bonds. The number of thiazole rings is 1. The number of rotatable bonds is 12. The molecule has 1 fully saturated rings. The number of halogens is 1. The lowest BCUT2D eigenvalue weighted by Crippen LogP contribution is -2.38. The van der Waals surface area contributed by atoms with Crippen LogP contribution in [0.15, 0.2) is 10.4 Å². The molecule has 1 aromatic heterocycles. The second kappa shape index (κ2) is 15.3. The topological polar surface area (TPSA) is 61.8 Å². The number of aliphatic imine (C=N–C) groups is 1. The molecule has 1 saturated heterocycles. The van der Waals surface area contributed by atoms with Gasteiger partial charge in [-0.3, -0.25) is 4.99 Å². The molecule has 0 unspecified atom stereocenters. The van der Waals surface area contributed by atoms with Crippen molar-refractivity contribution < 1.29 is 4.74 Å². The van der Waals surface area contributed by atoms with Gasteiger partial charge in [0, 0.05) is 57.7 Å². The fourth-order valence-corrected chi connectivity index (χ4v) is 3.74. The van der Waals surface area contributed by atoms with Crippen LogP contribution in [0, 0.1) is 0 Å². The minimum absolute atomic E-state index is 0. The number of hydrogen-bond acceptors (Lipinski definition) is 5. The normalized spacial score (nSPS) is 14.3. The first-order chi connectivity index (χ1) is 12.8. The lowest BCUT2D eigenvalue weighted by atomic mass is 10.3. The summed E-state index contributed by atoms with van der Waals surface area (Å²) in [6.45, 7) is 10.8. The Kier molecular flexibility index (Phi) is 13.9. The molecule has 2 heterocycles. The lowest BCUT2D eigenvalue weighted by Gasteiger charge is -2.12. The maximum atomic E-state index is 5.58. The van der Waals surface area contributed by atoms with Crippen molar-refractivity contribution in [2.45, 2.75) is 52.4 Å². The van der Waals surface area contributed by atoms with Crippen LogP contribution in [0.3, 0.4) is 0 Å². The van der Waals surface area contributed by atoms with Crippen LogP contribution >= 0.6 is 35.3 Å². The van der Waals surface area contributed by atoms with Gasteiger partial charge >= 0.3 is 0 Å². The first-order valence-corrected chi connectivity index (χ1v) is 11.0. The van der Waals surface area contributed by atoms with Gasteiger partial charge in [0.15, 0.2) is 11.1 Å². The number of aromatic nitrogens is 1. The Balaban J connectivity index is 0.00000364. The van der Waals surface area contributed by atoms with Crippen molar-refractivity contribution in [3.05, 3.63) is 11.1 Å². The van der Waals surface area contributed by atoms with E-state index in [1.165, 1.54) is 30.1 Å². The summed E-state index contributed by atoms with van der Waals surface area (Å²) in [6.07, 6.45) is 6.81. The summed E-state index contributed by atoms with van der Waals surface area (Å²) in [6, 6.07) is 0. The maximum Gasteiger partial charge on any atom is 0.191 e. The summed E-state index contributed by atoms with van der Waals surface area (Å²) >= 11 is 1.77. The first kappa shape index (κ1) is 24.4. The molecular formula is C19H36IN5OS. The van der Waals surface area contributed by atoms with Gasteiger partial charge in [0.05, 0.1) is 5.69 Å². The Morgan fingerprint density at radius 2 is 2.00 bits per heavy atom. The number of nitrogens with one attached hydrogen (secondary N) is 2. The highest BCUT2D eigenvalue weighted by Crippen LogP contribution is 2.24. The summed E-state index contributed by atoms with van der Waals surface area (Å²) in [5.74, 6) is 0.885. The van der Waals surface area contributed by atoms with Gasteiger partial charge in [-0.15, -0.1) is 35.3 Å². The van der Waals surface area contributed by atoms with E-state index in [2.05, 4.69) is 39.8 Å². The van der Waals surface area contributed by atoms with Gasteiger partial charge in [0.1, 0.15) is 0 Å². The van der Waals surface area contributed by atoms with Crippen LogP contribution in [0.4, 0.5) is 5.13 Å². The highest BCUT2D eigenvalue weighted by Gasteiger charge is 2.15. The molecule has 8 heteroatoms. The minimum Gasteiger partial charge on any atom is -0.381 e. The zero-order valence-corrected chi connectivity index (χ0v) is 20.0. The van der Waals surface area contributed by atoms with Gasteiger partial charge in [0.2, 0.25) is 0 Å². The summed E-state index contributed by atoms with van der Waals surface area (Å²) in [5.41, 5.74) is 1.17. The highest BCUT2D eigenvalue weighted by atomic mass is 127. The number of nitrogens with zero attached hydrogens (tertiary/aromatic N) is 3. The van der Waals surface area contributed by atoms with Crippen molar-refractivity contribution in [2.24, 2.45) is 4.99 Å². The van der Waals surface area contributed by atoms with E-state index >= 15 is 0 Å². The standard InChI is InChI=1S/C19H35N5OS.HI/c1-3-5-14-25-15-8-10-21-18(20-4-2)22-11-9-17-16-26-19(23-17)24-12-6-7-13-24;/h16H,3-15H2,1-2H3,(H2,20,21,22);1H. The molecule has 0 aromatic carbocycles. The molecular weight excluding hydrogens is 473 g/mol. The third-order valence-electron chi connectivity index (χ3n) is 4.29. The molecule has 1 aliphatic rings. The van der Waals surface area contributed by atoms with Gasteiger partial charge in [-0.2, -0.15) is 0 Å². The molecule has 1 aliphatic heterocycles. The summed E-state index contributed by atoms with van der Waals surface area (Å²) in [5, 5.41) is 10.1. The molecule has 0 atom stereocenters. The smallest absolute Gasteiger partial charge is 0.191 e. The van der Waals surface area contributed by atoms with Crippen LogP contribution < -0.4 is 15.5 Å². The third kappa shape index (κ3) is 9.94. The molecule has 0 saturated carbocycles.